The van der Waals surface area contributed by atoms with Crippen LogP contribution in [-0.2, 0) is 4.79 Å². The van der Waals surface area contributed by atoms with E-state index in [1.807, 2.05) is 29.2 Å². The predicted molar refractivity (Wildman–Crippen MR) is 95.5 cm³/mol. The predicted octanol–water partition coefficient (Wildman–Crippen LogP) is 4.39. The Bertz CT molecular complexity index is 768. The minimum Gasteiger partial charge on any atom is -0.342 e. The van der Waals surface area contributed by atoms with Crippen LogP contribution in [0.1, 0.15) is 43.6 Å². The Labute approximate surface area is 147 Å². The van der Waals surface area contributed by atoms with E-state index in [0.717, 1.165) is 43.5 Å². The van der Waals surface area contributed by atoms with Gasteiger partial charge in [0.1, 0.15) is 11.5 Å². The van der Waals surface area contributed by atoms with E-state index in [1.54, 1.807) is 12.3 Å². The minimum atomic E-state index is -0.314. The Balaban J connectivity index is 1.56. The van der Waals surface area contributed by atoms with Gasteiger partial charge in [-0.1, -0.05) is 37.1 Å². The first-order chi connectivity index (χ1) is 12.3. The zero-order chi connectivity index (χ0) is 17.2. The zero-order valence-electron chi connectivity index (χ0n) is 14.3. The van der Waals surface area contributed by atoms with Crippen LogP contribution in [-0.4, -0.2) is 28.9 Å². The van der Waals surface area contributed by atoms with Crippen LogP contribution >= 0.6 is 0 Å². The van der Waals surface area contributed by atoms with Gasteiger partial charge in [-0.05, 0) is 42.9 Å². The molecule has 0 bridgehead atoms. The second kappa shape index (κ2) is 6.95. The lowest BCUT2D eigenvalue weighted by Gasteiger charge is -2.20. The molecule has 1 saturated carbocycles. The van der Waals surface area contributed by atoms with E-state index in [2.05, 4.69) is 4.98 Å². The lowest BCUT2D eigenvalue weighted by Crippen LogP contribution is -2.33. The number of carbonyl (C=O) groups excluding carboxylic acids is 1. The Hall–Kier alpha value is -2.23. The summed E-state index contributed by atoms with van der Waals surface area (Å²) in [6, 6.07) is 10.8. The summed E-state index contributed by atoms with van der Waals surface area (Å²) < 4.78 is 14.2. The Morgan fingerprint density at radius 1 is 1.04 bits per heavy atom. The van der Waals surface area contributed by atoms with Crippen molar-refractivity contribution >= 4 is 5.91 Å². The van der Waals surface area contributed by atoms with Crippen LogP contribution in [0, 0.1) is 11.7 Å². The van der Waals surface area contributed by atoms with Crippen LogP contribution in [0.4, 0.5) is 4.39 Å². The molecule has 1 saturated heterocycles. The summed E-state index contributed by atoms with van der Waals surface area (Å²) in [5.41, 5.74) is 2.25. The van der Waals surface area contributed by atoms with Crippen LogP contribution < -0.4 is 0 Å². The van der Waals surface area contributed by atoms with Crippen LogP contribution in [0.25, 0.3) is 11.3 Å². The van der Waals surface area contributed by atoms with Crippen molar-refractivity contribution in [3.63, 3.8) is 0 Å². The number of rotatable bonds is 3. The molecule has 130 valence electrons. The third kappa shape index (κ3) is 3.30. The molecular weight excluding hydrogens is 315 g/mol. The average Bonchev–Trinajstić information content (AvgIpc) is 3.46. The molecule has 0 N–H and O–H groups in total. The number of hydrogen-bond acceptors (Lipinski definition) is 2. The van der Waals surface area contributed by atoms with Gasteiger partial charge >= 0.3 is 0 Å². The van der Waals surface area contributed by atoms with E-state index < -0.39 is 0 Å². The maximum absolute atomic E-state index is 14.2. The van der Waals surface area contributed by atoms with Crippen LogP contribution in [0.2, 0.25) is 0 Å². The van der Waals surface area contributed by atoms with Gasteiger partial charge in [0, 0.05) is 30.8 Å². The van der Waals surface area contributed by atoms with Crippen molar-refractivity contribution in [2.75, 3.05) is 13.1 Å². The summed E-state index contributed by atoms with van der Waals surface area (Å²) >= 11 is 0. The highest BCUT2D eigenvalue weighted by Gasteiger charge is 2.46. The lowest BCUT2D eigenvalue weighted by molar-refractivity contribution is -0.132. The third-order valence-corrected chi connectivity index (χ3v) is 5.40. The van der Waals surface area contributed by atoms with Gasteiger partial charge in [0.15, 0.2) is 0 Å². The number of benzene rings is 1. The van der Waals surface area contributed by atoms with Gasteiger partial charge in [-0.3, -0.25) is 9.78 Å². The summed E-state index contributed by atoms with van der Waals surface area (Å²) in [5, 5.41) is 0. The van der Waals surface area contributed by atoms with Gasteiger partial charge in [-0.2, -0.15) is 0 Å². The molecule has 4 heteroatoms. The first kappa shape index (κ1) is 16.2. The van der Waals surface area contributed by atoms with Crippen molar-refractivity contribution in [2.45, 2.75) is 38.0 Å². The van der Waals surface area contributed by atoms with E-state index in [9.17, 15) is 9.18 Å². The number of hydrogen-bond donors (Lipinski definition) is 0. The molecule has 2 heterocycles. The van der Waals surface area contributed by atoms with Gasteiger partial charge in [0.2, 0.25) is 5.91 Å². The largest absolute Gasteiger partial charge is 0.342 e. The van der Waals surface area contributed by atoms with Gasteiger partial charge in [0.25, 0.3) is 0 Å². The number of halogens is 1. The molecule has 1 aromatic heterocycles. The van der Waals surface area contributed by atoms with Crippen molar-refractivity contribution < 1.29 is 9.18 Å². The quantitative estimate of drug-likeness (QED) is 0.831. The molecule has 0 spiro atoms. The molecule has 2 unspecified atom stereocenters. The number of likely N-dealkylation sites (tertiary alicyclic amines) is 1. The molecule has 2 aliphatic rings. The second-order valence-electron chi connectivity index (χ2n) is 7.11. The highest BCUT2D eigenvalue weighted by molar-refractivity contribution is 5.84. The summed E-state index contributed by atoms with van der Waals surface area (Å²) in [5.74, 6) is 0.202. The molecule has 3 nitrogen and oxygen atoms in total. The van der Waals surface area contributed by atoms with Crippen molar-refractivity contribution in [2.24, 2.45) is 5.92 Å². The molecule has 1 aliphatic heterocycles. The highest BCUT2D eigenvalue weighted by Crippen LogP contribution is 2.51. The van der Waals surface area contributed by atoms with Gasteiger partial charge < -0.3 is 4.90 Å². The molecule has 0 radical (unpaired) electrons. The van der Waals surface area contributed by atoms with E-state index in [4.69, 9.17) is 0 Å². The van der Waals surface area contributed by atoms with E-state index in [1.165, 1.54) is 18.9 Å². The van der Waals surface area contributed by atoms with Gasteiger partial charge in [-0.15, -0.1) is 0 Å². The summed E-state index contributed by atoms with van der Waals surface area (Å²) in [6.45, 7) is 1.77. The summed E-state index contributed by atoms with van der Waals surface area (Å²) in [7, 11) is 0. The number of carbonyl (C=O) groups is 1. The fourth-order valence-electron chi connectivity index (χ4n) is 3.96. The normalized spacial score (nSPS) is 23.2. The number of amides is 1. The van der Waals surface area contributed by atoms with Crippen LogP contribution in [0.5, 0.6) is 0 Å². The second-order valence-corrected chi connectivity index (χ2v) is 7.11. The third-order valence-electron chi connectivity index (χ3n) is 5.40. The van der Waals surface area contributed by atoms with Crippen molar-refractivity contribution in [1.29, 1.82) is 0 Å². The fourth-order valence-corrected chi connectivity index (χ4v) is 3.96. The molecule has 25 heavy (non-hydrogen) atoms. The zero-order valence-corrected chi connectivity index (χ0v) is 14.3. The SMILES string of the molecule is O=C(C1CC1c1ccccc1-c1ncccc1F)N1CCCCCC1. The highest BCUT2D eigenvalue weighted by atomic mass is 19.1. The molecule has 4 rings (SSSR count). The topological polar surface area (TPSA) is 33.2 Å². The Morgan fingerprint density at radius 2 is 1.80 bits per heavy atom. The molecular formula is C21H23FN2O. The minimum absolute atomic E-state index is 0.0472. The molecule has 1 aliphatic carbocycles. The molecule has 2 atom stereocenters. The van der Waals surface area contributed by atoms with E-state index >= 15 is 0 Å². The first-order valence-electron chi connectivity index (χ1n) is 9.24. The maximum Gasteiger partial charge on any atom is 0.226 e. The fraction of sp³-hybridized carbons (Fsp3) is 0.429. The van der Waals surface area contributed by atoms with Crippen LogP contribution in [0.3, 0.4) is 0 Å². The summed E-state index contributed by atoms with van der Waals surface area (Å²) in [4.78, 5) is 19.1. The van der Waals surface area contributed by atoms with Gasteiger partial charge in [0.05, 0.1) is 0 Å². The standard InChI is InChI=1S/C21H23FN2O/c22-19-10-7-11-23-20(19)16-9-4-3-8-15(16)17-14-18(17)21(25)24-12-5-1-2-6-13-24/h3-4,7-11,17-18H,1-2,5-6,12-14H2. The number of aromatic nitrogens is 1. The molecule has 2 fully saturated rings. The van der Waals surface area contributed by atoms with Gasteiger partial charge in [-0.25, -0.2) is 4.39 Å². The van der Waals surface area contributed by atoms with Crippen LogP contribution in [0.15, 0.2) is 42.6 Å². The summed E-state index contributed by atoms with van der Waals surface area (Å²) in [6.07, 6.45) is 7.14. The van der Waals surface area contributed by atoms with Crippen molar-refractivity contribution in [3.05, 3.63) is 54.0 Å². The molecule has 2 aromatic rings. The lowest BCUT2D eigenvalue weighted by atomic mass is 9.98. The Kier molecular flexibility index (Phi) is 4.51. The van der Waals surface area contributed by atoms with Crippen molar-refractivity contribution in [3.8, 4) is 11.3 Å². The van der Waals surface area contributed by atoms with E-state index in [-0.39, 0.29) is 23.6 Å². The van der Waals surface area contributed by atoms with E-state index in [0.29, 0.717) is 5.69 Å². The number of nitrogens with zero attached hydrogens (tertiary/aromatic N) is 2. The monoisotopic (exact) mass is 338 g/mol. The maximum atomic E-state index is 14.2. The van der Waals surface area contributed by atoms with Crippen molar-refractivity contribution in [1.82, 2.24) is 9.88 Å². The average molecular weight is 338 g/mol. The molecule has 1 aromatic carbocycles. The molecule has 1 amide bonds. The first-order valence-corrected chi connectivity index (χ1v) is 9.24. The number of pyridine rings is 1. The smallest absolute Gasteiger partial charge is 0.226 e. The Morgan fingerprint density at radius 3 is 2.56 bits per heavy atom.